The Morgan fingerprint density at radius 1 is 1.18 bits per heavy atom. The number of benzene rings is 1. The van der Waals surface area contributed by atoms with Gasteiger partial charge in [-0.15, -0.1) is 0 Å². The second-order valence-electron chi connectivity index (χ2n) is 6.12. The molecule has 0 spiro atoms. The topological polar surface area (TPSA) is 128 Å². The third-order valence-electron chi connectivity index (χ3n) is 3.73. The summed E-state index contributed by atoms with van der Waals surface area (Å²) in [5, 5.41) is 4.98. The predicted molar refractivity (Wildman–Crippen MR) is 103 cm³/mol. The Bertz CT molecular complexity index is 808. The molecule has 0 unspecified atom stereocenters. The summed E-state index contributed by atoms with van der Waals surface area (Å²) >= 11 is 0. The van der Waals surface area contributed by atoms with Gasteiger partial charge in [0.25, 0.3) is 11.8 Å². The minimum Gasteiger partial charge on any atom is -0.496 e. The minimum atomic E-state index is -3.38. The van der Waals surface area contributed by atoms with Gasteiger partial charge in [-0.3, -0.25) is 9.59 Å². The van der Waals surface area contributed by atoms with E-state index in [-0.39, 0.29) is 17.7 Å². The molecule has 0 radical (unpaired) electrons. The Hall–Kier alpha value is -2.62. The van der Waals surface area contributed by atoms with Gasteiger partial charge in [0.15, 0.2) is 6.10 Å². The van der Waals surface area contributed by atoms with E-state index in [1.165, 1.54) is 20.1 Å². The summed E-state index contributed by atoms with van der Waals surface area (Å²) in [4.78, 5) is 36.8. The Morgan fingerprint density at radius 2 is 1.82 bits per heavy atom. The quantitative estimate of drug-likeness (QED) is 0.527. The largest absolute Gasteiger partial charge is 0.496 e. The van der Waals surface area contributed by atoms with Crippen LogP contribution in [-0.4, -0.2) is 64.0 Å². The maximum Gasteiger partial charge on any atom is 0.329 e. The smallest absolute Gasteiger partial charge is 0.329 e. The van der Waals surface area contributed by atoms with Crippen LogP contribution in [-0.2, 0) is 24.2 Å². The fraction of sp³-hybridized carbons (Fsp3) is 0.500. The number of sulfone groups is 1. The molecule has 0 aliphatic rings. The van der Waals surface area contributed by atoms with Gasteiger partial charge < -0.3 is 20.1 Å². The van der Waals surface area contributed by atoms with Gasteiger partial charge in [-0.05, 0) is 32.4 Å². The minimum absolute atomic E-state index is 0.180. The van der Waals surface area contributed by atoms with Crippen LogP contribution in [0.1, 0.15) is 30.6 Å². The summed E-state index contributed by atoms with van der Waals surface area (Å²) in [6.07, 6.45) is -0.258. The lowest BCUT2D eigenvalue weighted by Gasteiger charge is -2.20. The zero-order valence-electron chi connectivity index (χ0n) is 16.4. The summed E-state index contributed by atoms with van der Waals surface area (Å²) in [6, 6.07) is 5.14. The van der Waals surface area contributed by atoms with Crippen molar-refractivity contribution >= 4 is 27.6 Å². The van der Waals surface area contributed by atoms with Crippen LogP contribution in [0, 0.1) is 0 Å². The first kappa shape index (κ1) is 23.4. The average molecular weight is 414 g/mol. The standard InChI is InChI=1S/C18H26N2O7S/c1-5-19-16(21)12(2)27-18(23)14(10-11-28(4,24)25)20-17(22)13-8-6-7-9-15(13)26-3/h6-9,12,14H,5,10-11H2,1-4H3,(H,19,21)(H,20,22)/t12-,14-/m0/s1. The van der Waals surface area contributed by atoms with Crippen molar-refractivity contribution in [3.05, 3.63) is 29.8 Å². The molecule has 0 aromatic heterocycles. The molecule has 2 amide bonds. The Kier molecular flexibility index (Phi) is 8.90. The third kappa shape index (κ3) is 7.55. The molecule has 0 aliphatic carbocycles. The first-order valence-electron chi connectivity index (χ1n) is 8.68. The summed E-state index contributed by atoms with van der Waals surface area (Å²) in [6.45, 7) is 3.47. The molecule has 1 rings (SSSR count). The van der Waals surface area contributed by atoms with E-state index >= 15 is 0 Å². The molecule has 0 saturated carbocycles. The number of methoxy groups -OCH3 is 1. The van der Waals surface area contributed by atoms with Gasteiger partial charge in [0.2, 0.25) is 0 Å². The lowest BCUT2D eigenvalue weighted by Crippen LogP contribution is -2.46. The highest BCUT2D eigenvalue weighted by Crippen LogP contribution is 2.17. The number of esters is 1. The van der Waals surface area contributed by atoms with E-state index in [0.29, 0.717) is 12.3 Å². The predicted octanol–water partition coefficient (Wildman–Crippen LogP) is 0.296. The Labute approximate surface area is 164 Å². The first-order valence-corrected chi connectivity index (χ1v) is 10.7. The highest BCUT2D eigenvalue weighted by molar-refractivity contribution is 7.90. The molecule has 0 saturated heterocycles. The number of hydrogen-bond donors (Lipinski definition) is 2. The summed E-state index contributed by atoms with van der Waals surface area (Å²) < 4.78 is 33.2. The zero-order valence-corrected chi connectivity index (χ0v) is 17.2. The van der Waals surface area contributed by atoms with Gasteiger partial charge in [-0.1, -0.05) is 12.1 Å². The molecular weight excluding hydrogens is 388 g/mol. The van der Waals surface area contributed by atoms with E-state index in [2.05, 4.69) is 10.6 Å². The summed E-state index contributed by atoms with van der Waals surface area (Å²) in [7, 11) is -1.98. The number of carbonyl (C=O) groups is 3. The van der Waals surface area contributed by atoms with Gasteiger partial charge in [-0.25, -0.2) is 13.2 Å². The highest BCUT2D eigenvalue weighted by Gasteiger charge is 2.28. The molecule has 156 valence electrons. The summed E-state index contributed by atoms with van der Waals surface area (Å²) in [5.41, 5.74) is 0.180. The second-order valence-corrected chi connectivity index (χ2v) is 8.38. The van der Waals surface area contributed by atoms with Gasteiger partial charge in [0, 0.05) is 12.8 Å². The number of para-hydroxylation sites is 1. The molecule has 0 bridgehead atoms. The van der Waals surface area contributed by atoms with Crippen molar-refractivity contribution < 1.29 is 32.3 Å². The average Bonchev–Trinajstić information content (AvgIpc) is 2.64. The van der Waals surface area contributed by atoms with Gasteiger partial charge >= 0.3 is 5.97 Å². The second kappa shape index (κ2) is 10.6. The molecule has 1 aromatic rings. The van der Waals surface area contributed by atoms with Crippen LogP contribution in [0.25, 0.3) is 0 Å². The van der Waals surface area contributed by atoms with Crippen molar-refractivity contribution in [1.82, 2.24) is 10.6 Å². The molecule has 10 heteroatoms. The maximum absolute atomic E-state index is 12.6. The molecule has 0 aliphatic heterocycles. The molecule has 0 fully saturated rings. The number of rotatable bonds is 10. The highest BCUT2D eigenvalue weighted by atomic mass is 32.2. The van der Waals surface area contributed by atoms with Crippen LogP contribution in [0.5, 0.6) is 5.75 Å². The van der Waals surface area contributed by atoms with E-state index < -0.39 is 39.8 Å². The fourth-order valence-electron chi connectivity index (χ4n) is 2.28. The molecule has 28 heavy (non-hydrogen) atoms. The van der Waals surface area contributed by atoms with Crippen LogP contribution < -0.4 is 15.4 Å². The maximum atomic E-state index is 12.6. The molecule has 2 N–H and O–H groups in total. The van der Waals surface area contributed by atoms with Crippen LogP contribution >= 0.6 is 0 Å². The van der Waals surface area contributed by atoms with Crippen molar-refractivity contribution in [1.29, 1.82) is 0 Å². The van der Waals surface area contributed by atoms with Crippen molar-refractivity contribution in [2.75, 3.05) is 25.7 Å². The van der Waals surface area contributed by atoms with Gasteiger partial charge in [-0.2, -0.15) is 0 Å². The number of likely N-dealkylation sites (N-methyl/N-ethyl adjacent to an activating group) is 1. The SMILES string of the molecule is CCNC(=O)[C@H](C)OC(=O)[C@H](CCS(C)(=O)=O)NC(=O)c1ccccc1OC. The Morgan fingerprint density at radius 3 is 2.39 bits per heavy atom. The van der Waals surface area contributed by atoms with Crippen LogP contribution in [0.4, 0.5) is 0 Å². The van der Waals surface area contributed by atoms with Crippen molar-refractivity contribution in [2.24, 2.45) is 0 Å². The number of carbonyl (C=O) groups excluding carboxylic acids is 3. The Balaban J connectivity index is 2.96. The van der Waals surface area contributed by atoms with Crippen molar-refractivity contribution in [2.45, 2.75) is 32.4 Å². The normalized spacial score (nSPS) is 13.1. The number of ether oxygens (including phenoxy) is 2. The fourth-order valence-corrected chi connectivity index (χ4v) is 2.94. The van der Waals surface area contributed by atoms with Crippen LogP contribution in [0.2, 0.25) is 0 Å². The molecular formula is C18H26N2O7S. The molecule has 9 nitrogen and oxygen atoms in total. The number of nitrogens with one attached hydrogen (secondary N) is 2. The van der Waals surface area contributed by atoms with Gasteiger partial charge in [0.1, 0.15) is 21.6 Å². The first-order chi connectivity index (χ1) is 13.1. The van der Waals surface area contributed by atoms with E-state index in [0.717, 1.165) is 6.26 Å². The van der Waals surface area contributed by atoms with Gasteiger partial charge in [0.05, 0.1) is 18.4 Å². The van der Waals surface area contributed by atoms with Crippen LogP contribution in [0.3, 0.4) is 0 Å². The van der Waals surface area contributed by atoms with E-state index in [1.807, 2.05) is 0 Å². The lowest BCUT2D eigenvalue weighted by atomic mass is 10.1. The number of hydrogen-bond acceptors (Lipinski definition) is 7. The third-order valence-corrected chi connectivity index (χ3v) is 4.71. The molecule has 2 atom stereocenters. The zero-order chi connectivity index (χ0) is 21.3. The van der Waals surface area contributed by atoms with E-state index in [1.54, 1.807) is 25.1 Å². The molecule has 1 aromatic carbocycles. The number of amides is 2. The summed E-state index contributed by atoms with van der Waals surface area (Å²) in [5.74, 6) is -2.06. The van der Waals surface area contributed by atoms with E-state index in [4.69, 9.17) is 9.47 Å². The molecule has 0 heterocycles. The lowest BCUT2D eigenvalue weighted by molar-refractivity contribution is -0.156. The van der Waals surface area contributed by atoms with Crippen molar-refractivity contribution in [3.8, 4) is 5.75 Å². The van der Waals surface area contributed by atoms with E-state index in [9.17, 15) is 22.8 Å². The van der Waals surface area contributed by atoms with Crippen molar-refractivity contribution in [3.63, 3.8) is 0 Å². The monoisotopic (exact) mass is 414 g/mol. The van der Waals surface area contributed by atoms with Crippen LogP contribution in [0.15, 0.2) is 24.3 Å².